The van der Waals surface area contributed by atoms with Crippen LogP contribution in [0, 0.1) is 16.7 Å². The highest BCUT2D eigenvalue weighted by atomic mass is 16.5. The van der Waals surface area contributed by atoms with Gasteiger partial charge in [-0.3, -0.25) is 4.79 Å². The van der Waals surface area contributed by atoms with Crippen molar-refractivity contribution in [2.24, 2.45) is 5.41 Å². The fourth-order valence-corrected chi connectivity index (χ4v) is 0.850. The van der Waals surface area contributed by atoms with Crippen molar-refractivity contribution in [1.29, 1.82) is 5.26 Å². The van der Waals surface area contributed by atoms with E-state index in [0.717, 1.165) is 0 Å². The molecule has 0 aromatic rings. The van der Waals surface area contributed by atoms with Crippen molar-refractivity contribution in [3.05, 3.63) is 0 Å². The van der Waals surface area contributed by atoms with E-state index in [4.69, 9.17) is 15.1 Å². The lowest BCUT2D eigenvalue weighted by molar-refractivity contribution is -0.147. The number of carbonyl (C=O) groups excluding carboxylic acids is 1. The van der Waals surface area contributed by atoms with E-state index in [1.807, 2.05) is 6.92 Å². The first-order valence-electron chi connectivity index (χ1n) is 5.16. The molecule has 0 saturated heterocycles. The number of hydrogen-bond acceptors (Lipinski definition) is 4. The Kier molecular flexibility index (Phi) is 5.95. The standard InChI is InChI=1S/C11H19NO3/c1-4-9(13)7-15-10(14)5-6-11(2,3)8-12/h9,13H,4-7H2,1-3H3. The summed E-state index contributed by atoms with van der Waals surface area (Å²) >= 11 is 0. The highest BCUT2D eigenvalue weighted by Crippen LogP contribution is 2.20. The SMILES string of the molecule is CCC(O)COC(=O)CCC(C)(C)C#N. The molecular weight excluding hydrogens is 194 g/mol. The Morgan fingerprint density at radius 2 is 2.20 bits per heavy atom. The lowest BCUT2D eigenvalue weighted by atomic mass is 9.90. The molecule has 0 aromatic carbocycles. The van der Waals surface area contributed by atoms with Crippen LogP contribution in [0.5, 0.6) is 0 Å². The summed E-state index contributed by atoms with van der Waals surface area (Å²) in [6, 6.07) is 2.12. The molecule has 0 heterocycles. The number of ether oxygens (including phenoxy) is 1. The maximum Gasteiger partial charge on any atom is 0.305 e. The van der Waals surface area contributed by atoms with Crippen LogP contribution >= 0.6 is 0 Å². The predicted molar refractivity (Wildman–Crippen MR) is 55.9 cm³/mol. The van der Waals surface area contributed by atoms with Crippen molar-refractivity contribution < 1.29 is 14.6 Å². The first kappa shape index (κ1) is 13.9. The van der Waals surface area contributed by atoms with Gasteiger partial charge in [0.15, 0.2) is 0 Å². The zero-order valence-electron chi connectivity index (χ0n) is 9.62. The van der Waals surface area contributed by atoms with E-state index in [9.17, 15) is 4.79 Å². The third-order valence-corrected chi connectivity index (χ3v) is 2.16. The van der Waals surface area contributed by atoms with E-state index in [0.29, 0.717) is 12.8 Å². The maximum absolute atomic E-state index is 11.2. The van der Waals surface area contributed by atoms with Crippen LogP contribution in [0.15, 0.2) is 0 Å². The number of nitriles is 1. The lowest BCUT2D eigenvalue weighted by Gasteiger charge is -2.14. The van der Waals surface area contributed by atoms with Crippen molar-refractivity contribution >= 4 is 5.97 Å². The number of aliphatic hydroxyl groups excluding tert-OH is 1. The Balaban J connectivity index is 3.73. The molecule has 0 fully saturated rings. The number of aliphatic hydroxyl groups is 1. The van der Waals surface area contributed by atoms with Crippen LogP contribution in [0.1, 0.15) is 40.0 Å². The van der Waals surface area contributed by atoms with Gasteiger partial charge in [0, 0.05) is 6.42 Å². The van der Waals surface area contributed by atoms with Gasteiger partial charge in [0.2, 0.25) is 0 Å². The molecule has 0 rings (SSSR count). The summed E-state index contributed by atoms with van der Waals surface area (Å²) in [5.41, 5.74) is -0.498. The Morgan fingerprint density at radius 1 is 1.60 bits per heavy atom. The number of rotatable bonds is 6. The van der Waals surface area contributed by atoms with Crippen molar-refractivity contribution in [2.75, 3.05) is 6.61 Å². The van der Waals surface area contributed by atoms with Gasteiger partial charge in [0.1, 0.15) is 6.61 Å². The van der Waals surface area contributed by atoms with Crippen molar-refractivity contribution in [3.63, 3.8) is 0 Å². The van der Waals surface area contributed by atoms with E-state index in [2.05, 4.69) is 6.07 Å². The van der Waals surface area contributed by atoms with E-state index >= 15 is 0 Å². The fraction of sp³-hybridized carbons (Fsp3) is 0.818. The highest BCUT2D eigenvalue weighted by molar-refractivity contribution is 5.69. The molecule has 4 nitrogen and oxygen atoms in total. The molecule has 0 aliphatic carbocycles. The second-order valence-corrected chi connectivity index (χ2v) is 4.24. The summed E-state index contributed by atoms with van der Waals surface area (Å²) < 4.78 is 4.84. The van der Waals surface area contributed by atoms with Crippen molar-refractivity contribution in [2.45, 2.75) is 46.1 Å². The highest BCUT2D eigenvalue weighted by Gasteiger charge is 2.19. The quantitative estimate of drug-likeness (QED) is 0.681. The third-order valence-electron chi connectivity index (χ3n) is 2.16. The summed E-state index contributed by atoms with van der Waals surface area (Å²) in [5.74, 6) is -0.356. The first-order valence-corrected chi connectivity index (χ1v) is 5.16. The molecule has 0 amide bonds. The molecule has 0 spiro atoms. The van der Waals surface area contributed by atoms with Gasteiger partial charge < -0.3 is 9.84 Å². The van der Waals surface area contributed by atoms with Gasteiger partial charge in [0.05, 0.1) is 17.6 Å². The molecule has 0 aliphatic heterocycles. The molecular formula is C11H19NO3. The molecule has 0 radical (unpaired) electrons. The van der Waals surface area contributed by atoms with E-state index in [1.54, 1.807) is 13.8 Å². The zero-order valence-corrected chi connectivity index (χ0v) is 9.62. The van der Waals surface area contributed by atoms with E-state index in [1.165, 1.54) is 0 Å². The minimum Gasteiger partial charge on any atom is -0.463 e. The first-order chi connectivity index (χ1) is 6.91. The van der Waals surface area contributed by atoms with E-state index in [-0.39, 0.29) is 19.0 Å². The average Bonchev–Trinajstić information content (AvgIpc) is 2.23. The van der Waals surface area contributed by atoms with Gasteiger partial charge in [-0.2, -0.15) is 5.26 Å². The topological polar surface area (TPSA) is 70.3 Å². The van der Waals surface area contributed by atoms with E-state index < -0.39 is 11.5 Å². The fourth-order valence-electron chi connectivity index (χ4n) is 0.850. The van der Waals surface area contributed by atoms with Crippen molar-refractivity contribution in [1.82, 2.24) is 0 Å². The molecule has 1 atom stereocenters. The molecule has 15 heavy (non-hydrogen) atoms. The summed E-state index contributed by atoms with van der Waals surface area (Å²) in [6.45, 7) is 5.42. The minimum atomic E-state index is -0.585. The van der Waals surface area contributed by atoms with Gasteiger partial charge in [-0.15, -0.1) is 0 Å². The lowest BCUT2D eigenvalue weighted by Crippen LogP contribution is -2.19. The van der Waals surface area contributed by atoms with Gasteiger partial charge >= 0.3 is 5.97 Å². The van der Waals surface area contributed by atoms with Gasteiger partial charge in [-0.05, 0) is 26.7 Å². The number of carbonyl (C=O) groups is 1. The largest absolute Gasteiger partial charge is 0.463 e. The van der Waals surface area contributed by atoms with Crippen molar-refractivity contribution in [3.8, 4) is 6.07 Å². The summed E-state index contributed by atoms with van der Waals surface area (Å²) in [6.07, 6.45) is 0.677. The van der Waals surface area contributed by atoms with Crippen LogP contribution in [0.4, 0.5) is 0 Å². The Bertz CT molecular complexity index is 243. The Morgan fingerprint density at radius 3 is 2.67 bits per heavy atom. The summed E-state index contributed by atoms with van der Waals surface area (Å²) in [4.78, 5) is 11.2. The molecule has 0 bridgehead atoms. The summed E-state index contributed by atoms with van der Waals surface area (Å²) in [7, 11) is 0. The molecule has 1 unspecified atom stereocenters. The van der Waals surface area contributed by atoms with Gasteiger partial charge in [-0.1, -0.05) is 6.92 Å². The number of esters is 1. The number of hydrogen-bond donors (Lipinski definition) is 1. The normalized spacial score (nSPS) is 13.0. The van der Waals surface area contributed by atoms with Crippen LogP contribution in [0.2, 0.25) is 0 Å². The number of nitrogens with zero attached hydrogens (tertiary/aromatic N) is 1. The molecule has 0 saturated carbocycles. The van der Waals surface area contributed by atoms with Crippen LogP contribution in [0.3, 0.4) is 0 Å². The Hall–Kier alpha value is -1.08. The van der Waals surface area contributed by atoms with Crippen LogP contribution < -0.4 is 0 Å². The minimum absolute atomic E-state index is 0.0440. The average molecular weight is 213 g/mol. The van der Waals surface area contributed by atoms with Gasteiger partial charge in [0.25, 0.3) is 0 Å². The molecule has 0 aromatic heterocycles. The second-order valence-electron chi connectivity index (χ2n) is 4.24. The monoisotopic (exact) mass is 213 g/mol. The second kappa shape index (κ2) is 6.41. The van der Waals surface area contributed by atoms with Crippen LogP contribution in [-0.4, -0.2) is 23.8 Å². The summed E-state index contributed by atoms with van der Waals surface area (Å²) in [5, 5.41) is 17.9. The Labute approximate surface area is 90.9 Å². The molecule has 0 aliphatic rings. The maximum atomic E-state index is 11.2. The third kappa shape index (κ3) is 6.92. The van der Waals surface area contributed by atoms with Crippen LogP contribution in [-0.2, 0) is 9.53 Å². The smallest absolute Gasteiger partial charge is 0.305 e. The molecule has 4 heteroatoms. The zero-order chi connectivity index (χ0) is 11.9. The molecule has 1 N–H and O–H groups in total. The van der Waals surface area contributed by atoms with Crippen LogP contribution in [0.25, 0.3) is 0 Å². The molecule has 86 valence electrons. The van der Waals surface area contributed by atoms with Gasteiger partial charge in [-0.25, -0.2) is 0 Å². The predicted octanol–water partition coefficient (Wildman–Crippen LogP) is 1.63.